The Morgan fingerprint density at radius 3 is 2.72 bits per heavy atom. The lowest BCUT2D eigenvalue weighted by molar-refractivity contribution is -0.133. The molecule has 0 radical (unpaired) electrons. The smallest absolute Gasteiger partial charge is 0.239 e. The molecule has 2 atom stereocenters. The number of anilines is 1. The lowest BCUT2D eigenvalue weighted by Gasteiger charge is -2.26. The number of carbonyl (C=O) groups is 1. The summed E-state index contributed by atoms with van der Waals surface area (Å²) >= 11 is 0. The molecule has 0 aliphatic carbocycles. The molecule has 7 heteroatoms. The zero-order chi connectivity index (χ0) is 20.6. The number of rotatable bonds is 7. The highest BCUT2D eigenvalue weighted by Crippen LogP contribution is 2.20. The quantitative estimate of drug-likeness (QED) is 0.411. The van der Waals surface area contributed by atoms with Gasteiger partial charge in [-0.25, -0.2) is 0 Å². The summed E-state index contributed by atoms with van der Waals surface area (Å²) in [6, 6.07) is 11.0. The second kappa shape index (κ2) is 10.5. The zero-order valence-electron chi connectivity index (χ0n) is 18.1. The highest BCUT2D eigenvalue weighted by Gasteiger charge is 2.31. The van der Waals surface area contributed by atoms with Crippen LogP contribution in [0.2, 0.25) is 0 Å². The number of carbonyl (C=O) groups excluding carboxylic acids is 1. The Morgan fingerprint density at radius 2 is 2.00 bits per heavy atom. The fourth-order valence-electron chi connectivity index (χ4n) is 4.30. The molecule has 0 spiro atoms. The van der Waals surface area contributed by atoms with Crippen molar-refractivity contribution in [2.45, 2.75) is 37.8 Å². The van der Waals surface area contributed by atoms with Crippen LogP contribution in [0.4, 0.5) is 5.69 Å². The summed E-state index contributed by atoms with van der Waals surface area (Å²) in [4.78, 5) is 23.1. The molecule has 2 heterocycles. The summed E-state index contributed by atoms with van der Waals surface area (Å²) in [5.41, 5.74) is 1.28. The van der Waals surface area contributed by atoms with E-state index in [9.17, 15) is 4.79 Å². The van der Waals surface area contributed by atoms with Crippen LogP contribution in [0.15, 0.2) is 35.3 Å². The van der Waals surface area contributed by atoms with Crippen molar-refractivity contribution in [2.75, 3.05) is 58.8 Å². The normalized spacial score (nSPS) is 22.7. The van der Waals surface area contributed by atoms with Crippen LogP contribution in [0, 0.1) is 0 Å². The van der Waals surface area contributed by atoms with Gasteiger partial charge in [-0.15, -0.1) is 0 Å². The van der Waals surface area contributed by atoms with E-state index < -0.39 is 0 Å². The number of amides is 1. The monoisotopic (exact) mass is 400 g/mol. The Bertz CT molecular complexity index is 677. The maximum Gasteiger partial charge on any atom is 0.239 e. The molecule has 2 N–H and O–H groups in total. The summed E-state index contributed by atoms with van der Waals surface area (Å²) in [5.74, 6) is 1.10. The Morgan fingerprint density at radius 1 is 1.21 bits per heavy atom. The van der Waals surface area contributed by atoms with Crippen molar-refractivity contribution in [1.82, 2.24) is 20.4 Å². The van der Waals surface area contributed by atoms with Crippen molar-refractivity contribution < 1.29 is 4.79 Å². The third kappa shape index (κ3) is 5.85. The van der Waals surface area contributed by atoms with Crippen LogP contribution >= 0.6 is 0 Å². The predicted octanol–water partition coefficient (Wildman–Crippen LogP) is 1.37. The van der Waals surface area contributed by atoms with Crippen LogP contribution in [0.25, 0.3) is 0 Å². The predicted molar refractivity (Wildman–Crippen MR) is 119 cm³/mol. The largest absolute Gasteiger partial charge is 0.369 e. The second-order valence-corrected chi connectivity index (χ2v) is 8.19. The Labute approximate surface area is 175 Å². The van der Waals surface area contributed by atoms with Crippen LogP contribution in [0.3, 0.4) is 0 Å². The van der Waals surface area contributed by atoms with Crippen molar-refractivity contribution in [1.29, 1.82) is 0 Å². The lowest BCUT2D eigenvalue weighted by Crippen LogP contribution is -2.46. The fourth-order valence-corrected chi connectivity index (χ4v) is 4.30. The molecule has 0 bridgehead atoms. The molecule has 1 aromatic carbocycles. The van der Waals surface area contributed by atoms with Gasteiger partial charge in [-0.05, 0) is 44.4 Å². The molecule has 160 valence electrons. The molecule has 2 unspecified atom stereocenters. The van der Waals surface area contributed by atoms with Crippen molar-refractivity contribution in [2.24, 2.45) is 4.99 Å². The van der Waals surface area contributed by atoms with Gasteiger partial charge in [-0.1, -0.05) is 18.2 Å². The van der Waals surface area contributed by atoms with Gasteiger partial charge in [0.05, 0.1) is 6.04 Å². The van der Waals surface area contributed by atoms with Crippen LogP contribution in [-0.4, -0.2) is 87.6 Å². The van der Waals surface area contributed by atoms with Crippen LogP contribution < -0.4 is 15.5 Å². The van der Waals surface area contributed by atoms with Gasteiger partial charge in [0.15, 0.2) is 5.96 Å². The third-order valence-electron chi connectivity index (χ3n) is 5.88. The van der Waals surface area contributed by atoms with Crippen molar-refractivity contribution in [3.05, 3.63) is 30.3 Å². The average Bonchev–Trinajstić information content (AvgIpc) is 3.39. The van der Waals surface area contributed by atoms with Gasteiger partial charge in [0.1, 0.15) is 0 Å². The first-order valence-corrected chi connectivity index (χ1v) is 10.8. The van der Waals surface area contributed by atoms with E-state index in [1.165, 1.54) is 5.69 Å². The van der Waals surface area contributed by atoms with E-state index in [1.807, 2.05) is 21.1 Å². The first-order chi connectivity index (χ1) is 14.1. The van der Waals surface area contributed by atoms with Gasteiger partial charge in [0.2, 0.25) is 5.91 Å². The Kier molecular flexibility index (Phi) is 7.75. The minimum atomic E-state index is 0.0601. The first kappa shape index (κ1) is 21.4. The maximum absolute atomic E-state index is 12.3. The van der Waals surface area contributed by atoms with Gasteiger partial charge in [0.25, 0.3) is 0 Å². The molecule has 1 aromatic rings. The number of benzene rings is 1. The highest BCUT2D eigenvalue weighted by molar-refractivity contribution is 5.81. The molecule has 1 amide bonds. The maximum atomic E-state index is 12.3. The molecule has 3 rings (SSSR count). The van der Waals surface area contributed by atoms with Gasteiger partial charge >= 0.3 is 0 Å². The fraction of sp³-hybridized carbons (Fsp3) is 0.636. The molecule has 7 nitrogen and oxygen atoms in total. The molecule has 2 fully saturated rings. The minimum Gasteiger partial charge on any atom is -0.369 e. The zero-order valence-corrected chi connectivity index (χ0v) is 18.1. The number of nitrogens with one attached hydrogen (secondary N) is 2. The SMILES string of the molecule is CN=C(NCCCN1CCCC1C(=O)N(C)C)NC1CCN(c2ccccc2)C1. The molecule has 29 heavy (non-hydrogen) atoms. The van der Waals surface area contributed by atoms with Gasteiger partial charge < -0.3 is 20.4 Å². The second-order valence-electron chi connectivity index (χ2n) is 8.19. The van der Waals surface area contributed by atoms with Crippen molar-refractivity contribution >= 4 is 17.6 Å². The first-order valence-electron chi connectivity index (χ1n) is 10.8. The molecular formula is C22H36N6O. The molecule has 2 saturated heterocycles. The van der Waals surface area contributed by atoms with Gasteiger partial charge in [-0.3, -0.25) is 14.7 Å². The van der Waals surface area contributed by atoms with E-state index >= 15 is 0 Å². The summed E-state index contributed by atoms with van der Waals surface area (Å²) < 4.78 is 0. The molecule has 0 saturated carbocycles. The van der Waals surface area contributed by atoms with Crippen LogP contribution in [-0.2, 0) is 4.79 Å². The number of hydrogen-bond acceptors (Lipinski definition) is 4. The average molecular weight is 401 g/mol. The molecule has 2 aliphatic heterocycles. The summed E-state index contributed by atoms with van der Waals surface area (Å²) in [7, 11) is 5.52. The van der Waals surface area contributed by atoms with Crippen molar-refractivity contribution in [3.63, 3.8) is 0 Å². The Balaban J connectivity index is 1.37. The van der Waals surface area contributed by atoms with E-state index in [1.54, 1.807) is 4.90 Å². The number of likely N-dealkylation sites (tertiary alicyclic amines) is 1. The third-order valence-corrected chi connectivity index (χ3v) is 5.88. The molecule has 0 aromatic heterocycles. The van der Waals surface area contributed by atoms with Crippen molar-refractivity contribution in [3.8, 4) is 0 Å². The van der Waals surface area contributed by atoms with Crippen LogP contribution in [0.5, 0.6) is 0 Å². The standard InChI is InChI=1S/C22H36N6O/c1-23-22(25-18-12-16-28(17-18)19-9-5-4-6-10-19)24-13-8-15-27-14-7-11-20(27)21(29)26(2)3/h4-6,9-10,18,20H,7-8,11-17H2,1-3H3,(H2,23,24,25). The number of guanidine groups is 1. The lowest BCUT2D eigenvalue weighted by atomic mass is 10.2. The van der Waals surface area contributed by atoms with E-state index in [2.05, 4.69) is 55.8 Å². The van der Waals surface area contributed by atoms with E-state index in [4.69, 9.17) is 0 Å². The number of nitrogens with zero attached hydrogens (tertiary/aromatic N) is 4. The summed E-state index contributed by atoms with van der Waals surface area (Å²) in [5, 5.41) is 7.00. The van der Waals surface area contributed by atoms with Gasteiger partial charge in [-0.2, -0.15) is 0 Å². The highest BCUT2D eigenvalue weighted by atomic mass is 16.2. The number of likely N-dealkylation sites (N-methyl/N-ethyl adjacent to an activating group) is 1. The van der Waals surface area contributed by atoms with E-state index in [0.717, 1.165) is 64.4 Å². The Hall–Kier alpha value is -2.28. The molecule has 2 aliphatic rings. The topological polar surface area (TPSA) is 63.2 Å². The number of hydrogen-bond donors (Lipinski definition) is 2. The van der Waals surface area contributed by atoms with Crippen LogP contribution in [0.1, 0.15) is 25.7 Å². The number of aliphatic imine (C=N–C) groups is 1. The summed E-state index contributed by atoms with van der Waals surface area (Å²) in [6.07, 6.45) is 4.20. The van der Waals surface area contributed by atoms with E-state index in [-0.39, 0.29) is 11.9 Å². The van der Waals surface area contributed by atoms with Gasteiger partial charge in [0, 0.05) is 59.1 Å². The number of para-hydroxylation sites is 1. The van der Waals surface area contributed by atoms with E-state index in [0.29, 0.717) is 6.04 Å². The minimum absolute atomic E-state index is 0.0601. The molecular weight excluding hydrogens is 364 g/mol. The summed E-state index contributed by atoms with van der Waals surface area (Å²) in [6.45, 7) is 4.88.